The minimum absolute atomic E-state index is 0.0344. The standard InChI is InChI=1S/C29H26Cl3FN4O4/c1-29(2,3)41-28(40)37-12-14-11-18(37)23(14)35-24-16-10-13(8-9-34-4)19(15-6-5-7-17(30)21(15)31)22(33)25(16)36-26(32)20(24)27(38)39/h5-7,10,14,18,23H,8-9,11-12H2,1-3H3,(H,35,36)(H,38,39)/t14-,18-,23+/m1/s1. The largest absolute Gasteiger partial charge is 0.478 e. The van der Waals surface area contributed by atoms with Gasteiger partial charge in [0, 0.05) is 35.4 Å². The van der Waals surface area contributed by atoms with Crippen LogP contribution in [0.5, 0.6) is 0 Å². The van der Waals surface area contributed by atoms with Gasteiger partial charge in [-0.05, 0) is 44.9 Å². The van der Waals surface area contributed by atoms with Crippen molar-refractivity contribution in [1.82, 2.24) is 9.88 Å². The van der Waals surface area contributed by atoms with Crippen LogP contribution in [0.3, 0.4) is 0 Å². The fourth-order valence-electron chi connectivity index (χ4n) is 5.62. The Balaban J connectivity index is 1.65. The molecular weight excluding hydrogens is 594 g/mol. The number of fused-ring (bicyclic) bond motifs is 2. The molecule has 3 aliphatic rings. The van der Waals surface area contributed by atoms with Crippen LogP contribution in [-0.4, -0.2) is 57.8 Å². The second kappa shape index (κ2) is 10.8. The third kappa shape index (κ3) is 5.25. The lowest BCUT2D eigenvalue weighted by molar-refractivity contribution is 0.0239. The molecule has 6 rings (SSSR count). The van der Waals surface area contributed by atoms with E-state index in [1.165, 1.54) is 0 Å². The smallest absolute Gasteiger partial charge is 0.410 e. The maximum Gasteiger partial charge on any atom is 0.410 e. The summed E-state index contributed by atoms with van der Waals surface area (Å²) >= 11 is 19.1. The number of hydrogen-bond donors (Lipinski definition) is 2. The molecule has 3 atom stereocenters. The molecule has 214 valence electrons. The van der Waals surface area contributed by atoms with Crippen molar-refractivity contribution < 1.29 is 23.8 Å². The molecule has 2 aromatic carbocycles. The Kier molecular flexibility index (Phi) is 7.70. The molecule has 1 aromatic heterocycles. The Bertz CT molecular complexity index is 1640. The molecule has 1 aliphatic carbocycles. The minimum Gasteiger partial charge on any atom is -0.478 e. The molecular formula is C29H26Cl3FN4O4. The predicted octanol–water partition coefficient (Wildman–Crippen LogP) is 7.58. The highest BCUT2D eigenvalue weighted by Crippen LogP contribution is 2.47. The number of aromatic nitrogens is 1. The molecule has 2 N–H and O–H groups in total. The molecule has 0 radical (unpaired) electrons. The highest BCUT2D eigenvalue weighted by atomic mass is 35.5. The number of carboxylic acids is 1. The summed E-state index contributed by atoms with van der Waals surface area (Å²) in [4.78, 5) is 34.4. The number of hydrogen-bond acceptors (Lipinski definition) is 5. The highest BCUT2D eigenvalue weighted by Gasteiger charge is 2.55. The second-order valence-corrected chi connectivity index (χ2v) is 12.3. The molecule has 2 bridgehead atoms. The molecule has 3 aromatic rings. The van der Waals surface area contributed by atoms with Crippen molar-refractivity contribution in [2.45, 2.75) is 51.3 Å². The van der Waals surface area contributed by atoms with Gasteiger partial charge in [-0.15, -0.1) is 0 Å². The van der Waals surface area contributed by atoms with Gasteiger partial charge >= 0.3 is 12.1 Å². The lowest BCUT2D eigenvalue weighted by Gasteiger charge is -2.38. The normalized spacial score (nSPS) is 19.6. The number of ether oxygens (including phenoxy) is 1. The number of aromatic carboxylic acids is 1. The zero-order valence-corrected chi connectivity index (χ0v) is 24.7. The van der Waals surface area contributed by atoms with E-state index in [2.05, 4.69) is 15.1 Å². The number of nitrogens with zero attached hydrogens (tertiary/aromatic N) is 3. The maximum absolute atomic E-state index is 16.4. The van der Waals surface area contributed by atoms with Crippen molar-refractivity contribution in [3.05, 3.63) is 67.8 Å². The number of anilines is 1. The van der Waals surface area contributed by atoms with Gasteiger partial charge in [0.25, 0.3) is 0 Å². The first-order chi connectivity index (χ1) is 19.3. The van der Waals surface area contributed by atoms with E-state index in [0.717, 1.165) is 6.42 Å². The second-order valence-electron chi connectivity index (χ2n) is 11.2. The Labute approximate surface area is 251 Å². The summed E-state index contributed by atoms with van der Waals surface area (Å²) in [6, 6.07) is 5.91. The quantitative estimate of drug-likeness (QED) is 0.218. The zero-order valence-electron chi connectivity index (χ0n) is 22.4. The first kappa shape index (κ1) is 29.2. The van der Waals surface area contributed by atoms with Crippen LogP contribution < -0.4 is 5.32 Å². The molecule has 2 saturated heterocycles. The maximum atomic E-state index is 16.4. The number of carboxylic acid groups (broad SMARTS) is 1. The first-order valence-corrected chi connectivity index (χ1v) is 14.1. The number of benzene rings is 2. The van der Waals surface area contributed by atoms with E-state index in [9.17, 15) is 14.7 Å². The van der Waals surface area contributed by atoms with E-state index in [1.54, 1.807) is 49.9 Å². The fraction of sp³-hybridized carbons (Fsp3) is 0.379. The van der Waals surface area contributed by atoms with Crippen LogP contribution in [0.1, 0.15) is 43.1 Å². The summed E-state index contributed by atoms with van der Waals surface area (Å²) in [5.41, 5.74) is -0.157. The van der Waals surface area contributed by atoms with Crippen LogP contribution in [0.4, 0.5) is 14.9 Å². The van der Waals surface area contributed by atoms with Gasteiger partial charge in [0.05, 0.1) is 27.8 Å². The van der Waals surface area contributed by atoms with E-state index in [-0.39, 0.29) is 73.9 Å². The summed E-state index contributed by atoms with van der Waals surface area (Å²) in [5, 5.41) is 13.5. The SMILES string of the molecule is [C-]#[N+]CCc1cc2c(N[C@H]3[C@@H]4C[C@H]3N(C(=O)OC(C)(C)C)C4)c(C(=O)O)c(Cl)nc2c(F)c1-c1cccc(Cl)c1Cl. The predicted molar refractivity (Wildman–Crippen MR) is 157 cm³/mol. The van der Waals surface area contributed by atoms with Crippen molar-refractivity contribution in [2.75, 3.05) is 18.4 Å². The first-order valence-electron chi connectivity index (χ1n) is 12.9. The summed E-state index contributed by atoms with van der Waals surface area (Å²) < 4.78 is 22.0. The molecule has 1 saturated carbocycles. The molecule has 0 spiro atoms. The fourth-order valence-corrected chi connectivity index (χ4v) is 6.28. The van der Waals surface area contributed by atoms with Gasteiger partial charge in [0.2, 0.25) is 6.54 Å². The Morgan fingerprint density at radius 1 is 1.29 bits per heavy atom. The van der Waals surface area contributed by atoms with Crippen LogP contribution in [-0.2, 0) is 11.2 Å². The lowest BCUT2D eigenvalue weighted by Crippen LogP contribution is -2.50. The van der Waals surface area contributed by atoms with Crippen LogP contribution in [0.15, 0.2) is 24.3 Å². The Morgan fingerprint density at radius 2 is 2.02 bits per heavy atom. The van der Waals surface area contributed by atoms with Crippen molar-refractivity contribution in [3.63, 3.8) is 0 Å². The average molecular weight is 620 g/mol. The number of pyridine rings is 1. The highest BCUT2D eigenvalue weighted by molar-refractivity contribution is 6.43. The average Bonchev–Trinajstić information content (AvgIpc) is 3.48. The van der Waals surface area contributed by atoms with Gasteiger partial charge in [-0.25, -0.2) is 25.5 Å². The molecule has 12 heteroatoms. The number of nitrogens with one attached hydrogen (secondary N) is 1. The topological polar surface area (TPSA) is 96.1 Å². The van der Waals surface area contributed by atoms with Crippen molar-refractivity contribution in [1.29, 1.82) is 0 Å². The monoisotopic (exact) mass is 618 g/mol. The molecule has 8 nitrogen and oxygen atoms in total. The lowest BCUT2D eigenvalue weighted by atomic mass is 9.79. The van der Waals surface area contributed by atoms with Gasteiger partial charge in [-0.3, -0.25) is 0 Å². The molecule has 2 aliphatic heterocycles. The van der Waals surface area contributed by atoms with Crippen LogP contribution >= 0.6 is 34.8 Å². The van der Waals surface area contributed by atoms with Gasteiger partial charge in [0.15, 0.2) is 5.82 Å². The van der Waals surface area contributed by atoms with Gasteiger partial charge in [-0.2, -0.15) is 0 Å². The number of rotatable bonds is 6. The third-order valence-corrected chi connectivity index (χ3v) is 8.52. The van der Waals surface area contributed by atoms with E-state index < -0.39 is 23.5 Å². The van der Waals surface area contributed by atoms with E-state index >= 15 is 4.39 Å². The minimum atomic E-state index is -1.34. The van der Waals surface area contributed by atoms with Crippen molar-refractivity contribution in [2.24, 2.45) is 5.92 Å². The van der Waals surface area contributed by atoms with Gasteiger partial charge in [0.1, 0.15) is 21.8 Å². The zero-order chi connectivity index (χ0) is 29.8. The third-order valence-electron chi connectivity index (χ3n) is 7.42. The van der Waals surface area contributed by atoms with E-state index in [1.807, 2.05) is 0 Å². The van der Waals surface area contributed by atoms with Crippen molar-refractivity contribution in [3.8, 4) is 11.1 Å². The van der Waals surface area contributed by atoms with E-state index in [0.29, 0.717) is 17.7 Å². The molecule has 3 fully saturated rings. The van der Waals surface area contributed by atoms with Crippen LogP contribution in [0.25, 0.3) is 26.9 Å². The molecule has 0 unspecified atom stereocenters. The number of halogens is 4. The Hall–Kier alpha value is -3.32. The molecule has 1 amide bonds. The van der Waals surface area contributed by atoms with E-state index in [4.69, 9.17) is 46.1 Å². The Morgan fingerprint density at radius 3 is 2.68 bits per heavy atom. The van der Waals surface area contributed by atoms with Crippen LogP contribution in [0.2, 0.25) is 15.2 Å². The summed E-state index contributed by atoms with van der Waals surface area (Å²) in [6.45, 7) is 13.2. The summed E-state index contributed by atoms with van der Waals surface area (Å²) in [6.07, 6.45) is 0.443. The molecule has 3 heterocycles. The van der Waals surface area contributed by atoms with Gasteiger partial charge in [-0.1, -0.05) is 46.9 Å². The number of carbonyl (C=O) groups is 2. The van der Waals surface area contributed by atoms with Crippen molar-refractivity contribution >= 4 is 63.5 Å². The molecule has 41 heavy (non-hydrogen) atoms. The number of carbonyl (C=O) groups excluding carboxylic acids is 1. The summed E-state index contributed by atoms with van der Waals surface area (Å²) in [7, 11) is 0. The summed E-state index contributed by atoms with van der Waals surface area (Å²) in [5.74, 6) is -2.07. The van der Waals surface area contributed by atoms with Gasteiger partial charge < -0.3 is 24.9 Å². The van der Waals surface area contributed by atoms with Crippen LogP contribution in [0, 0.1) is 18.3 Å². The number of amides is 1.